The molecule has 0 radical (unpaired) electrons. The highest BCUT2D eigenvalue weighted by Gasteiger charge is 2.31. The van der Waals surface area contributed by atoms with E-state index in [-0.39, 0.29) is 12.0 Å². The van der Waals surface area contributed by atoms with E-state index < -0.39 is 0 Å². The molecule has 0 unspecified atom stereocenters. The average Bonchev–Trinajstić information content (AvgIpc) is 2.39. The van der Waals surface area contributed by atoms with E-state index in [1.165, 1.54) is 19.3 Å². The number of anilines is 1. The smallest absolute Gasteiger partial charge is 0.144 e. The van der Waals surface area contributed by atoms with Gasteiger partial charge in [0.05, 0.1) is 16.7 Å². The van der Waals surface area contributed by atoms with E-state index >= 15 is 0 Å². The van der Waals surface area contributed by atoms with Crippen LogP contribution in [0.4, 0.5) is 5.82 Å². The molecule has 0 saturated heterocycles. The third-order valence-corrected chi connectivity index (χ3v) is 4.18. The van der Waals surface area contributed by atoms with Gasteiger partial charge in [0.25, 0.3) is 0 Å². The third-order valence-electron chi connectivity index (χ3n) is 3.69. The highest BCUT2D eigenvalue weighted by atomic mass is 35.5. The first-order valence-corrected chi connectivity index (χ1v) is 7.07. The molecule has 1 aromatic heterocycles. The minimum absolute atomic E-state index is 0.0249. The van der Waals surface area contributed by atoms with E-state index in [0.29, 0.717) is 22.4 Å². The molecule has 100 valence electrons. The van der Waals surface area contributed by atoms with Crippen molar-refractivity contribution in [2.45, 2.75) is 32.1 Å². The van der Waals surface area contributed by atoms with Gasteiger partial charge in [0.2, 0.25) is 0 Å². The second kappa shape index (κ2) is 6.09. The summed E-state index contributed by atoms with van der Waals surface area (Å²) < 4.78 is 0. The lowest BCUT2D eigenvalue weighted by molar-refractivity contribution is 0.0943. The van der Waals surface area contributed by atoms with Gasteiger partial charge in [0.1, 0.15) is 5.82 Å². The Morgan fingerprint density at radius 3 is 2.61 bits per heavy atom. The molecule has 1 fully saturated rings. The van der Waals surface area contributed by atoms with E-state index in [4.69, 9.17) is 23.2 Å². The van der Waals surface area contributed by atoms with Gasteiger partial charge < -0.3 is 10.4 Å². The molecule has 0 spiro atoms. The lowest BCUT2D eigenvalue weighted by Gasteiger charge is -2.35. The van der Waals surface area contributed by atoms with Crippen LogP contribution in [0.1, 0.15) is 32.1 Å². The van der Waals surface area contributed by atoms with Crippen molar-refractivity contribution in [3.8, 4) is 0 Å². The highest BCUT2D eigenvalue weighted by Crippen LogP contribution is 2.36. The molecule has 18 heavy (non-hydrogen) atoms. The molecule has 0 aliphatic heterocycles. The summed E-state index contributed by atoms with van der Waals surface area (Å²) in [6.45, 7) is 0.920. The predicted molar refractivity (Wildman–Crippen MR) is 75.4 cm³/mol. The summed E-state index contributed by atoms with van der Waals surface area (Å²) in [6, 6.07) is 1.67. The van der Waals surface area contributed by atoms with Crippen LogP contribution < -0.4 is 5.32 Å². The number of aliphatic hydroxyl groups excluding tert-OH is 1. The van der Waals surface area contributed by atoms with Crippen LogP contribution in [0.2, 0.25) is 10.0 Å². The summed E-state index contributed by atoms with van der Waals surface area (Å²) in [5, 5.41) is 13.9. The van der Waals surface area contributed by atoms with E-state index in [9.17, 15) is 5.11 Å². The number of rotatable bonds is 4. The summed E-state index contributed by atoms with van der Waals surface area (Å²) in [5.41, 5.74) is -0.0249. The van der Waals surface area contributed by atoms with Gasteiger partial charge in [-0.3, -0.25) is 0 Å². The molecule has 0 amide bonds. The monoisotopic (exact) mass is 288 g/mol. The Hall–Kier alpha value is -0.510. The molecule has 5 heteroatoms. The Balaban J connectivity index is 2.01. The van der Waals surface area contributed by atoms with Gasteiger partial charge in [0, 0.05) is 18.2 Å². The molecule has 2 N–H and O–H groups in total. The maximum Gasteiger partial charge on any atom is 0.144 e. The molecule has 1 saturated carbocycles. The van der Waals surface area contributed by atoms with Crippen molar-refractivity contribution in [3.05, 3.63) is 22.3 Å². The summed E-state index contributed by atoms with van der Waals surface area (Å²) in [7, 11) is 0. The zero-order valence-electron chi connectivity index (χ0n) is 10.3. The first kappa shape index (κ1) is 13.9. The van der Waals surface area contributed by atoms with Crippen molar-refractivity contribution in [1.82, 2.24) is 4.98 Å². The molecule has 1 aliphatic carbocycles. The van der Waals surface area contributed by atoms with E-state index in [1.54, 1.807) is 12.3 Å². The van der Waals surface area contributed by atoms with Crippen LogP contribution in [0, 0.1) is 5.41 Å². The molecular formula is C13H18Cl2N2O. The van der Waals surface area contributed by atoms with Gasteiger partial charge >= 0.3 is 0 Å². The number of aromatic nitrogens is 1. The van der Waals surface area contributed by atoms with Crippen LogP contribution in [-0.4, -0.2) is 23.2 Å². The zero-order chi connectivity index (χ0) is 13.0. The number of nitrogens with zero attached hydrogens (tertiary/aromatic N) is 1. The van der Waals surface area contributed by atoms with Gasteiger partial charge in [-0.25, -0.2) is 4.98 Å². The standard InChI is InChI=1S/C13H18Cl2N2O/c14-10-6-11(15)12(16-7-10)17-8-13(9-18)4-2-1-3-5-13/h6-7,18H,1-5,8-9H2,(H,16,17). The molecule has 0 aromatic carbocycles. The fourth-order valence-corrected chi connectivity index (χ4v) is 2.96. The third kappa shape index (κ3) is 3.28. The van der Waals surface area contributed by atoms with Crippen LogP contribution in [0.3, 0.4) is 0 Å². The fourth-order valence-electron chi connectivity index (χ4n) is 2.51. The fraction of sp³-hybridized carbons (Fsp3) is 0.615. The van der Waals surface area contributed by atoms with Crippen LogP contribution in [0.15, 0.2) is 12.3 Å². The molecule has 0 atom stereocenters. The van der Waals surface area contributed by atoms with Gasteiger partial charge in [0.15, 0.2) is 0 Å². The minimum atomic E-state index is -0.0249. The first-order valence-electron chi connectivity index (χ1n) is 6.31. The maximum atomic E-state index is 9.62. The first-order chi connectivity index (χ1) is 8.65. The second-order valence-corrected chi connectivity index (χ2v) is 5.90. The molecule has 1 heterocycles. The Morgan fingerprint density at radius 2 is 2.00 bits per heavy atom. The SMILES string of the molecule is OCC1(CNc2ncc(Cl)cc2Cl)CCCCC1. The van der Waals surface area contributed by atoms with Crippen molar-refractivity contribution in [2.24, 2.45) is 5.41 Å². The largest absolute Gasteiger partial charge is 0.396 e. The Kier molecular flexibility index (Phi) is 4.71. The lowest BCUT2D eigenvalue weighted by atomic mass is 9.74. The van der Waals surface area contributed by atoms with Crippen LogP contribution in [0.25, 0.3) is 0 Å². The quantitative estimate of drug-likeness (QED) is 0.887. The van der Waals surface area contributed by atoms with Crippen LogP contribution in [-0.2, 0) is 0 Å². The van der Waals surface area contributed by atoms with Crippen molar-refractivity contribution >= 4 is 29.0 Å². The summed E-state index contributed by atoms with van der Waals surface area (Å²) in [5.74, 6) is 0.638. The normalized spacial score (nSPS) is 18.6. The number of nitrogens with one attached hydrogen (secondary N) is 1. The number of hydrogen-bond acceptors (Lipinski definition) is 3. The summed E-state index contributed by atoms with van der Waals surface area (Å²) in [6.07, 6.45) is 7.32. The number of pyridine rings is 1. The second-order valence-electron chi connectivity index (χ2n) is 5.06. The average molecular weight is 289 g/mol. The zero-order valence-corrected chi connectivity index (χ0v) is 11.8. The number of halogens is 2. The molecule has 0 bridgehead atoms. The van der Waals surface area contributed by atoms with E-state index in [0.717, 1.165) is 12.8 Å². The van der Waals surface area contributed by atoms with Gasteiger partial charge in [-0.1, -0.05) is 42.5 Å². The molecule has 1 aromatic rings. The van der Waals surface area contributed by atoms with E-state index in [2.05, 4.69) is 10.3 Å². The topological polar surface area (TPSA) is 45.1 Å². The minimum Gasteiger partial charge on any atom is -0.396 e. The highest BCUT2D eigenvalue weighted by molar-refractivity contribution is 6.35. The maximum absolute atomic E-state index is 9.62. The molecule has 1 aliphatic rings. The van der Waals surface area contributed by atoms with Gasteiger partial charge in [-0.05, 0) is 18.9 Å². The molecule has 3 nitrogen and oxygen atoms in total. The Labute approximate surface area is 118 Å². The van der Waals surface area contributed by atoms with Crippen molar-refractivity contribution in [3.63, 3.8) is 0 Å². The predicted octanol–water partition coefficient (Wildman–Crippen LogP) is 3.74. The lowest BCUT2D eigenvalue weighted by Crippen LogP contribution is -2.35. The van der Waals surface area contributed by atoms with Crippen LogP contribution >= 0.6 is 23.2 Å². The van der Waals surface area contributed by atoms with E-state index in [1.807, 2.05) is 0 Å². The molecule has 2 rings (SSSR count). The number of hydrogen-bond donors (Lipinski definition) is 2. The Bertz CT molecular complexity index is 406. The Morgan fingerprint density at radius 1 is 1.28 bits per heavy atom. The van der Waals surface area contributed by atoms with Crippen molar-refractivity contribution in [2.75, 3.05) is 18.5 Å². The number of aliphatic hydroxyl groups is 1. The van der Waals surface area contributed by atoms with Crippen LogP contribution in [0.5, 0.6) is 0 Å². The summed E-state index contributed by atoms with van der Waals surface area (Å²) in [4.78, 5) is 4.17. The van der Waals surface area contributed by atoms with Gasteiger partial charge in [-0.2, -0.15) is 0 Å². The van der Waals surface area contributed by atoms with Gasteiger partial charge in [-0.15, -0.1) is 0 Å². The van der Waals surface area contributed by atoms with Crippen molar-refractivity contribution < 1.29 is 5.11 Å². The molecular weight excluding hydrogens is 271 g/mol. The summed E-state index contributed by atoms with van der Waals surface area (Å²) >= 11 is 11.9. The van der Waals surface area contributed by atoms with Crippen molar-refractivity contribution in [1.29, 1.82) is 0 Å².